The molecule has 0 saturated carbocycles. The van der Waals surface area contributed by atoms with Crippen molar-refractivity contribution in [3.8, 4) is 0 Å². The number of aryl methyl sites for hydroxylation is 1. The standard InChI is InChI=1S/C11H12N4O3/c1-4-7(16)6-5-12-8-9(13-6)14(2)11(18)15(3)10(8)17/h5H,4H2,1-3H3. The van der Waals surface area contributed by atoms with Gasteiger partial charge in [-0.05, 0) is 0 Å². The first-order valence-electron chi connectivity index (χ1n) is 5.43. The van der Waals surface area contributed by atoms with E-state index in [1.807, 2.05) is 0 Å². The fraction of sp³-hybridized carbons (Fsp3) is 0.364. The van der Waals surface area contributed by atoms with Crippen LogP contribution in [-0.4, -0.2) is 24.9 Å². The Labute approximate surface area is 102 Å². The molecular weight excluding hydrogens is 236 g/mol. The van der Waals surface area contributed by atoms with E-state index in [0.29, 0.717) is 6.42 Å². The highest BCUT2D eigenvalue weighted by molar-refractivity contribution is 5.94. The summed E-state index contributed by atoms with van der Waals surface area (Å²) in [4.78, 5) is 43.1. The van der Waals surface area contributed by atoms with Crippen molar-refractivity contribution < 1.29 is 4.79 Å². The lowest BCUT2D eigenvalue weighted by atomic mass is 10.2. The second-order valence-electron chi connectivity index (χ2n) is 3.91. The van der Waals surface area contributed by atoms with Crippen LogP contribution in [0.15, 0.2) is 15.8 Å². The van der Waals surface area contributed by atoms with Crippen molar-refractivity contribution in [1.82, 2.24) is 19.1 Å². The largest absolute Gasteiger partial charge is 0.332 e. The number of carbonyl (C=O) groups is 1. The van der Waals surface area contributed by atoms with Crippen LogP contribution in [0, 0.1) is 0 Å². The maximum atomic E-state index is 11.8. The van der Waals surface area contributed by atoms with Crippen molar-refractivity contribution in [1.29, 1.82) is 0 Å². The lowest BCUT2D eigenvalue weighted by molar-refractivity contribution is 0.0983. The molecule has 2 aromatic rings. The lowest BCUT2D eigenvalue weighted by Crippen LogP contribution is -2.37. The summed E-state index contributed by atoms with van der Waals surface area (Å²) in [7, 11) is 2.86. The summed E-state index contributed by atoms with van der Waals surface area (Å²) >= 11 is 0. The highest BCUT2D eigenvalue weighted by Crippen LogP contribution is 2.04. The van der Waals surface area contributed by atoms with Gasteiger partial charge in [-0.1, -0.05) is 6.92 Å². The summed E-state index contributed by atoms with van der Waals surface area (Å²) in [6, 6.07) is 0. The van der Waals surface area contributed by atoms with E-state index in [1.54, 1.807) is 6.92 Å². The smallest absolute Gasteiger partial charge is 0.292 e. The summed E-state index contributed by atoms with van der Waals surface area (Å²) in [5, 5.41) is 0. The van der Waals surface area contributed by atoms with Gasteiger partial charge in [0.15, 0.2) is 16.9 Å². The number of Topliss-reactive ketones (excluding diaryl/α,β-unsaturated/α-hetero) is 1. The molecular formula is C11H12N4O3. The minimum absolute atomic E-state index is 0.0762. The summed E-state index contributed by atoms with van der Waals surface area (Å²) in [5.41, 5.74) is -0.651. The van der Waals surface area contributed by atoms with Gasteiger partial charge in [0.2, 0.25) is 0 Å². The average Bonchev–Trinajstić information content (AvgIpc) is 2.41. The second-order valence-corrected chi connectivity index (χ2v) is 3.91. The number of nitrogens with zero attached hydrogens (tertiary/aromatic N) is 4. The van der Waals surface area contributed by atoms with E-state index in [-0.39, 0.29) is 22.6 Å². The zero-order valence-corrected chi connectivity index (χ0v) is 10.3. The minimum Gasteiger partial charge on any atom is -0.292 e. The Balaban J connectivity index is 2.91. The fourth-order valence-corrected chi connectivity index (χ4v) is 1.64. The van der Waals surface area contributed by atoms with Crippen molar-refractivity contribution in [2.24, 2.45) is 14.1 Å². The topological polar surface area (TPSA) is 86.9 Å². The molecule has 2 heterocycles. The maximum Gasteiger partial charge on any atom is 0.332 e. The Morgan fingerprint density at radius 1 is 1.28 bits per heavy atom. The molecule has 0 amide bonds. The molecule has 0 radical (unpaired) electrons. The molecule has 0 unspecified atom stereocenters. The monoisotopic (exact) mass is 248 g/mol. The molecule has 2 aromatic heterocycles. The highest BCUT2D eigenvalue weighted by atomic mass is 16.2. The molecule has 0 N–H and O–H groups in total. The highest BCUT2D eigenvalue weighted by Gasteiger charge is 2.13. The first kappa shape index (κ1) is 12.2. The summed E-state index contributed by atoms with van der Waals surface area (Å²) in [6.07, 6.45) is 1.55. The molecule has 0 saturated heterocycles. The van der Waals surface area contributed by atoms with E-state index in [2.05, 4.69) is 9.97 Å². The van der Waals surface area contributed by atoms with Crippen LogP contribution in [0.2, 0.25) is 0 Å². The van der Waals surface area contributed by atoms with Gasteiger partial charge in [0.05, 0.1) is 6.20 Å². The van der Waals surface area contributed by atoms with E-state index in [0.717, 1.165) is 4.57 Å². The van der Waals surface area contributed by atoms with Gasteiger partial charge in [-0.3, -0.25) is 18.7 Å². The number of carbonyl (C=O) groups excluding carboxylic acids is 1. The van der Waals surface area contributed by atoms with E-state index in [1.165, 1.54) is 24.9 Å². The number of rotatable bonds is 2. The van der Waals surface area contributed by atoms with Gasteiger partial charge >= 0.3 is 5.69 Å². The summed E-state index contributed by atoms with van der Waals surface area (Å²) in [5.74, 6) is -0.183. The lowest BCUT2D eigenvalue weighted by Gasteiger charge is -2.06. The number of aromatic nitrogens is 4. The molecule has 7 heteroatoms. The number of ketones is 1. The van der Waals surface area contributed by atoms with Gasteiger partial charge in [-0.15, -0.1) is 0 Å². The third-order valence-corrected chi connectivity index (χ3v) is 2.76. The Morgan fingerprint density at radius 3 is 2.56 bits per heavy atom. The van der Waals surface area contributed by atoms with Crippen molar-refractivity contribution >= 4 is 16.9 Å². The Kier molecular flexibility index (Phi) is 2.82. The second kappa shape index (κ2) is 4.17. The first-order chi connectivity index (χ1) is 8.47. The van der Waals surface area contributed by atoms with Crippen molar-refractivity contribution in [2.45, 2.75) is 13.3 Å². The van der Waals surface area contributed by atoms with Gasteiger partial charge < -0.3 is 0 Å². The predicted octanol–water partition coefficient (Wildman–Crippen LogP) is -0.380. The van der Waals surface area contributed by atoms with Crippen LogP contribution in [0.1, 0.15) is 23.8 Å². The van der Waals surface area contributed by atoms with Crippen LogP contribution < -0.4 is 11.2 Å². The quantitative estimate of drug-likeness (QED) is 0.676. The number of hydrogen-bond donors (Lipinski definition) is 0. The Morgan fingerprint density at radius 2 is 1.94 bits per heavy atom. The average molecular weight is 248 g/mol. The third-order valence-electron chi connectivity index (χ3n) is 2.76. The van der Waals surface area contributed by atoms with Crippen molar-refractivity contribution in [3.63, 3.8) is 0 Å². The first-order valence-corrected chi connectivity index (χ1v) is 5.43. The van der Waals surface area contributed by atoms with E-state index in [4.69, 9.17) is 0 Å². The van der Waals surface area contributed by atoms with E-state index >= 15 is 0 Å². The molecule has 0 aromatic carbocycles. The molecule has 0 bridgehead atoms. The molecule has 0 atom stereocenters. The van der Waals surface area contributed by atoms with Crippen LogP contribution in [0.4, 0.5) is 0 Å². The molecule has 0 fully saturated rings. The molecule has 7 nitrogen and oxygen atoms in total. The van der Waals surface area contributed by atoms with Crippen molar-refractivity contribution in [2.75, 3.05) is 0 Å². The molecule has 2 rings (SSSR count). The van der Waals surface area contributed by atoms with Crippen LogP contribution in [0.5, 0.6) is 0 Å². The van der Waals surface area contributed by atoms with Gasteiger partial charge in [0.1, 0.15) is 5.69 Å². The third kappa shape index (κ3) is 1.64. The zero-order chi connectivity index (χ0) is 13.4. The number of hydrogen-bond acceptors (Lipinski definition) is 5. The molecule has 0 aliphatic carbocycles. The van der Waals surface area contributed by atoms with Gasteiger partial charge in [-0.2, -0.15) is 0 Å². The summed E-state index contributed by atoms with van der Waals surface area (Å²) in [6.45, 7) is 1.71. The Hall–Kier alpha value is -2.31. The Bertz CT molecular complexity index is 757. The van der Waals surface area contributed by atoms with E-state index < -0.39 is 11.2 Å². The molecule has 94 valence electrons. The van der Waals surface area contributed by atoms with Gasteiger partial charge in [0, 0.05) is 20.5 Å². The van der Waals surface area contributed by atoms with Gasteiger partial charge in [0.25, 0.3) is 5.56 Å². The molecule has 18 heavy (non-hydrogen) atoms. The normalized spacial score (nSPS) is 10.8. The molecule has 0 spiro atoms. The van der Waals surface area contributed by atoms with Crippen molar-refractivity contribution in [3.05, 3.63) is 32.7 Å². The van der Waals surface area contributed by atoms with E-state index in [9.17, 15) is 14.4 Å². The summed E-state index contributed by atoms with van der Waals surface area (Å²) < 4.78 is 2.16. The van der Waals surface area contributed by atoms with Crippen LogP contribution in [-0.2, 0) is 14.1 Å². The van der Waals surface area contributed by atoms with Crippen LogP contribution >= 0.6 is 0 Å². The van der Waals surface area contributed by atoms with Crippen LogP contribution in [0.3, 0.4) is 0 Å². The predicted molar refractivity (Wildman–Crippen MR) is 64.6 cm³/mol. The fourth-order valence-electron chi connectivity index (χ4n) is 1.64. The molecule has 0 aliphatic rings. The van der Waals surface area contributed by atoms with Crippen LogP contribution in [0.25, 0.3) is 11.2 Å². The zero-order valence-electron chi connectivity index (χ0n) is 10.3. The maximum absolute atomic E-state index is 11.8. The number of fused-ring (bicyclic) bond motifs is 1. The SMILES string of the molecule is CCC(=O)c1cnc2c(=O)n(C)c(=O)n(C)c2n1. The minimum atomic E-state index is -0.518. The molecule has 0 aliphatic heterocycles. The van der Waals surface area contributed by atoms with Gasteiger partial charge in [-0.25, -0.2) is 14.8 Å².